The molecule has 1 aromatic rings. The van der Waals surface area contributed by atoms with E-state index in [4.69, 9.17) is 0 Å². The highest BCUT2D eigenvalue weighted by atomic mass is 16.2. The van der Waals surface area contributed by atoms with E-state index in [1.54, 1.807) is 0 Å². The van der Waals surface area contributed by atoms with Crippen LogP contribution in [0.15, 0.2) is 15.8 Å². The van der Waals surface area contributed by atoms with Gasteiger partial charge in [-0.2, -0.15) is 0 Å². The first-order valence-electron chi connectivity index (χ1n) is 3.01. The average Bonchev–Trinajstić information content (AvgIpc) is 2.03. The zero-order chi connectivity index (χ0) is 8.97. The first kappa shape index (κ1) is 8.01. The highest BCUT2D eigenvalue weighted by Gasteiger charge is 1.93. The molecule has 0 saturated carbocycles. The summed E-state index contributed by atoms with van der Waals surface area (Å²) in [4.78, 5) is 35.3. The molecule has 2 N–H and O–H groups in total. The number of aromatic amines is 2. The fourth-order valence-electron chi connectivity index (χ4n) is 0.610. The van der Waals surface area contributed by atoms with Crippen molar-refractivity contribution in [1.29, 1.82) is 0 Å². The van der Waals surface area contributed by atoms with E-state index in [1.807, 2.05) is 4.98 Å². The van der Waals surface area contributed by atoms with E-state index < -0.39 is 11.2 Å². The van der Waals surface area contributed by atoms with Crippen molar-refractivity contribution in [3.8, 4) is 11.8 Å². The number of carbonyl (C=O) groups is 1. The largest absolute Gasteiger partial charge is 0.325 e. The van der Waals surface area contributed by atoms with Gasteiger partial charge < -0.3 is 4.98 Å². The quantitative estimate of drug-likeness (QED) is 0.366. The lowest BCUT2D eigenvalue weighted by Gasteiger charge is -1.84. The number of nitrogens with one attached hydrogen (secondary N) is 2. The van der Waals surface area contributed by atoms with Crippen molar-refractivity contribution in [3.63, 3.8) is 0 Å². The third-order valence-corrected chi connectivity index (χ3v) is 1.09. The van der Waals surface area contributed by atoms with Crippen LogP contribution in [0.25, 0.3) is 0 Å². The molecule has 1 rings (SSSR count). The first-order valence-corrected chi connectivity index (χ1v) is 3.01. The van der Waals surface area contributed by atoms with E-state index >= 15 is 0 Å². The molecule has 0 fully saturated rings. The Labute approximate surface area is 66.4 Å². The van der Waals surface area contributed by atoms with E-state index in [2.05, 4.69) is 16.8 Å². The Morgan fingerprint density at radius 3 is 2.75 bits per heavy atom. The summed E-state index contributed by atoms with van der Waals surface area (Å²) >= 11 is 0. The maximum absolute atomic E-state index is 10.9. The summed E-state index contributed by atoms with van der Waals surface area (Å²) in [5.41, 5.74) is -1.15. The van der Waals surface area contributed by atoms with Crippen molar-refractivity contribution < 1.29 is 4.79 Å². The summed E-state index contributed by atoms with van der Waals surface area (Å²) in [5.74, 6) is 4.31. The normalized spacial score (nSPS) is 8.33. The van der Waals surface area contributed by atoms with E-state index in [-0.39, 0.29) is 5.56 Å². The summed E-state index contributed by atoms with van der Waals surface area (Å²) in [6.07, 6.45) is 1.52. The molecule has 0 unspecified atom stereocenters. The van der Waals surface area contributed by atoms with Crippen LogP contribution < -0.4 is 11.2 Å². The molecule has 0 spiro atoms. The van der Waals surface area contributed by atoms with Gasteiger partial charge in [0.05, 0.1) is 0 Å². The van der Waals surface area contributed by atoms with Crippen LogP contribution in [0.4, 0.5) is 0 Å². The molecule has 0 aliphatic rings. The topological polar surface area (TPSA) is 82.8 Å². The minimum Gasteiger partial charge on any atom is -0.313 e. The summed E-state index contributed by atoms with van der Waals surface area (Å²) in [7, 11) is 0. The minimum atomic E-state index is -0.604. The monoisotopic (exact) mass is 164 g/mol. The highest BCUT2D eigenvalue weighted by molar-refractivity contribution is 5.73. The van der Waals surface area contributed by atoms with E-state index in [0.717, 1.165) is 6.20 Å². The minimum absolute atomic E-state index is 0.0571. The van der Waals surface area contributed by atoms with Crippen LogP contribution in [0.1, 0.15) is 5.56 Å². The average molecular weight is 164 g/mol. The Hall–Kier alpha value is -2.09. The second-order valence-corrected chi connectivity index (χ2v) is 1.87. The van der Waals surface area contributed by atoms with Gasteiger partial charge >= 0.3 is 5.69 Å². The van der Waals surface area contributed by atoms with Crippen LogP contribution in [0.3, 0.4) is 0 Å². The Morgan fingerprint density at radius 2 is 2.17 bits per heavy atom. The zero-order valence-corrected chi connectivity index (χ0v) is 5.88. The van der Waals surface area contributed by atoms with E-state index in [9.17, 15) is 14.4 Å². The molecule has 0 aliphatic heterocycles. The molecule has 60 valence electrons. The van der Waals surface area contributed by atoms with Crippen LogP contribution in [0.2, 0.25) is 0 Å². The third kappa shape index (κ3) is 1.70. The predicted octanol–water partition coefficient (Wildman–Crippen LogP) is -1.39. The van der Waals surface area contributed by atoms with Gasteiger partial charge in [-0.15, -0.1) is 0 Å². The Kier molecular flexibility index (Phi) is 2.23. The van der Waals surface area contributed by atoms with Gasteiger partial charge in [-0.05, 0) is 5.92 Å². The van der Waals surface area contributed by atoms with Crippen molar-refractivity contribution in [1.82, 2.24) is 9.97 Å². The molecule has 5 heteroatoms. The van der Waals surface area contributed by atoms with Gasteiger partial charge in [0.15, 0.2) is 6.29 Å². The molecule has 0 radical (unpaired) electrons. The van der Waals surface area contributed by atoms with Crippen LogP contribution in [0, 0.1) is 11.8 Å². The van der Waals surface area contributed by atoms with Crippen LogP contribution >= 0.6 is 0 Å². The van der Waals surface area contributed by atoms with Crippen LogP contribution in [-0.4, -0.2) is 16.3 Å². The van der Waals surface area contributed by atoms with Crippen molar-refractivity contribution in [3.05, 3.63) is 32.6 Å². The van der Waals surface area contributed by atoms with Crippen molar-refractivity contribution >= 4 is 6.29 Å². The number of hydrogen-bond donors (Lipinski definition) is 2. The molecule has 0 aliphatic carbocycles. The fourth-order valence-corrected chi connectivity index (χ4v) is 0.610. The molecule has 0 bridgehead atoms. The summed E-state index contributed by atoms with van der Waals surface area (Å²) < 4.78 is 0. The van der Waals surface area contributed by atoms with Gasteiger partial charge in [0.25, 0.3) is 5.56 Å². The van der Waals surface area contributed by atoms with Gasteiger partial charge in [0, 0.05) is 6.20 Å². The Bertz CT molecular complexity index is 458. The van der Waals surface area contributed by atoms with Crippen LogP contribution in [0.5, 0.6) is 0 Å². The Balaban J connectivity index is 3.28. The summed E-state index contributed by atoms with van der Waals surface area (Å²) in [6.45, 7) is 0. The maximum atomic E-state index is 10.9. The van der Waals surface area contributed by atoms with Gasteiger partial charge in [0.1, 0.15) is 5.56 Å². The molecule has 1 aromatic heterocycles. The second-order valence-electron chi connectivity index (χ2n) is 1.87. The molecule has 1 heterocycles. The number of aromatic nitrogens is 2. The number of hydrogen-bond acceptors (Lipinski definition) is 3. The predicted molar refractivity (Wildman–Crippen MR) is 40.6 cm³/mol. The lowest BCUT2D eigenvalue weighted by Crippen LogP contribution is -2.23. The summed E-state index contributed by atoms with van der Waals surface area (Å²) in [5, 5.41) is 0. The standard InChI is InChI=1S/C7H4N2O3/c10-3-1-2-5-4-8-7(12)9-6(5)11/h3-4H,(H2,8,9,11,12). The molecule has 5 nitrogen and oxygen atoms in total. The lowest BCUT2D eigenvalue weighted by atomic mass is 10.3. The lowest BCUT2D eigenvalue weighted by molar-refractivity contribution is -0.103. The maximum Gasteiger partial charge on any atom is 0.325 e. The fraction of sp³-hybridized carbons (Fsp3) is 0. The number of carbonyl (C=O) groups excluding carboxylic acids is 1. The highest BCUT2D eigenvalue weighted by Crippen LogP contribution is 1.76. The SMILES string of the molecule is O=CC#Cc1c[nH]c(=O)[nH]c1=O. The van der Waals surface area contributed by atoms with Crippen molar-refractivity contribution in [2.75, 3.05) is 0 Å². The molecule has 0 saturated heterocycles. The molecule has 0 amide bonds. The van der Waals surface area contributed by atoms with E-state index in [0.29, 0.717) is 6.29 Å². The van der Waals surface area contributed by atoms with Crippen LogP contribution in [-0.2, 0) is 4.79 Å². The third-order valence-electron chi connectivity index (χ3n) is 1.09. The molecular formula is C7H4N2O3. The van der Waals surface area contributed by atoms with Gasteiger partial charge in [-0.1, -0.05) is 5.92 Å². The van der Waals surface area contributed by atoms with Crippen molar-refractivity contribution in [2.24, 2.45) is 0 Å². The number of H-pyrrole nitrogens is 2. The molecule has 12 heavy (non-hydrogen) atoms. The first-order chi connectivity index (χ1) is 5.74. The molecule has 0 aromatic carbocycles. The van der Waals surface area contributed by atoms with E-state index in [1.165, 1.54) is 0 Å². The van der Waals surface area contributed by atoms with Gasteiger partial charge in [-0.3, -0.25) is 14.6 Å². The zero-order valence-electron chi connectivity index (χ0n) is 5.88. The molecule has 0 atom stereocenters. The second kappa shape index (κ2) is 3.34. The summed E-state index contributed by atoms with van der Waals surface area (Å²) in [6, 6.07) is 0. The van der Waals surface area contributed by atoms with Crippen molar-refractivity contribution in [2.45, 2.75) is 0 Å². The number of rotatable bonds is 0. The number of aldehydes is 1. The molecular weight excluding hydrogens is 160 g/mol. The smallest absolute Gasteiger partial charge is 0.313 e. The van der Waals surface area contributed by atoms with Gasteiger partial charge in [-0.25, -0.2) is 4.79 Å². The Morgan fingerprint density at radius 1 is 1.42 bits per heavy atom. The van der Waals surface area contributed by atoms with Gasteiger partial charge in [0.2, 0.25) is 0 Å².